The molecule has 1 rings (SSSR count). The van der Waals surface area contributed by atoms with Crippen LogP contribution in [0.25, 0.3) is 0 Å². The summed E-state index contributed by atoms with van der Waals surface area (Å²) in [6, 6.07) is 0. The second-order valence-corrected chi connectivity index (χ2v) is 7.89. The molecule has 1 aliphatic rings. The minimum Gasteiger partial charge on any atom is -0.375 e. The first-order chi connectivity index (χ1) is 13.0. The summed E-state index contributed by atoms with van der Waals surface area (Å²) in [4.78, 5) is 47.6. The number of rotatable bonds is 12. The molecule has 28 heavy (non-hydrogen) atoms. The first-order valence-corrected chi connectivity index (χ1v) is 9.19. The molecule has 158 valence electrons. The summed E-state index contributed by atoms with van der Waals surface area (Å²) in [5.41, 5.74) is 3.36. The highest BCUT2D eigenvalue weighted by atomic mass is 16.5. The third-order valence-corrected chi connectivity index (χ3v) is 4.33. The van der Waals surface area contributed by atoms with Crippen molar-refractivity contribution in [3.8, 4) is 0 Å². The molecule has 10 heteroatoms. The zero-order valence-corrected chi connectivity index (χ0v) is 17.0. The van der Waals surface area contributed by atoms with Gasteiger partial charge in [0.1, 0.15) is 0 Å². The number of nitrogens with zero attached hydrogens (tertiary/aromatic N) is 1. The summed E-state index contributed by atoms with van der Waals surface area (Å²) in [6.07, 6.45) is 3.76. The lowest BCUT2D eigenvalue weighted by Gasteiger charge is -2.30. The van der Waals surface area contributed by atoms with Crippen molar-refractivity contribution >= 4 is 23.6 Å². The fourth-order valence-corrected chi connectivity index (χ4v) is 2.58. The van der Waals surface area contributed by atoms with Gasteiger partial charge in [-0.05, 0) is 40.5 Å². The number of hydrogen-bond acceptors (Lipinski definition) is 7. The SMILES string of the molecule is CC(C)(CCOC(C)(C)CCC(=O)NNN)NC(=O)CCN1C(=O)C=CC1=O. The van der Waals surface area contributed by atoms with Crippen LogP contribution in [0.4, 0.5) is 0 Å². The molecule has 0 spiro atoms. The lowest BCUT2D eigenvalue weighted by molar-refractivity contribution is -0.137. The topological polar surface area (TPSA) is 143 Å². The van der Waals surface area contributed by atoms with Gasteiger partial charge in [0.2, 0.25) is 11.8 Å². The lowest BCUT2D eigenvalue weighted by Crippen LogP contribution is -2.46. The Morgan fingerprint density at radius 3 is 2.21 bits per heavy atom. The maximum Gasteiger partial charge on any atom is 0.253 e. The largest absolute Gasteiger partial charge is 0.375 e. The summed E-state index contributed by atoms with van der Waals surface area (Å²) >= 11 is 0. The van der Waals surface area contributed by atoms with Gasteiger partial charge in [-0.2, -0.15) is 5.53 Å². The van der Waals surface area contributed by atoms with Gasteiger partial charge in [-0.15, -0.1) is 0 Å². The van der Waals surface area contributed by atoms with Gasteiger partial charge in [0, 0.05) is 43.7 Å². The lowest BCUT2D eigenvalue weighted by atomic mass is 9.99. The third-order valence-electron chi connectivity index (χ3n) is 4.33. The Hall–Kier alpha value is -2.30. The minimum absolute atomic E-state index is 0.0409. The van der Waals surface area contributed by atoms with Crippen molar-refractivity contribution in [1.29, 1.82) is 0 Å². The number of carbonyl (C=O) groups excluding carboxylic acids is 4. The molecule has 0 fully saturated rings. The number of hydrazine groups is 2. The first kappa shape index (κ1) is 23.7. The highest BCUT2D eigenvalue weighted by molar-refractivity contribution is 6.13. The molecule has 0 saturated carbocycles. The van der Waals surface area contributed by atoms with E-state index in [2.05, 4.69) is 16.3 Å². The molecule has 0 saturated heterocycles. The van der Waals surface area contributed by atoms with E-state index < -0.39 is 23.0 Å². The Morgan fingerprint density at radius 1 is 1.04 bits per heavy atom. The Bertz CT molecular complexity index is 612. The van der Waals surface area contributed by atoms with E-state index in [0.717, 1.165) is 4.90 Å². The second kappa shape index (κ2) is 10.3. The molecule has 0 aromatic rings. The van der Waals surface area contributed by atoms with E-state index in [1.54, 1.807) is 0 Å². The van der Waals surface area contributed by atoms with Gasteiger partial charge >= 0.3 is 0 Å². The molecule has 0 radical (unpaired) electrons. The van der Waals surface area contributed by atoms with Crippen LogP contribution >= 0.6 is 0 Å². The fourth-order valence-electron chi connectivity index (χ4n) is 2.58. The number of nitrogens with two attached hydrogens (primary N) is 1. The Morgan fingerprint density at radius 2 is 1.64 bits per heavy atom. The van der Waals surface area contributed by atoms with Gasteiger partial charge in [-0.3, -0.25) is 35.3 Å². The summed E-state index contributed by atoms with van der Waals surface area (Å²) in [7, 11) is 0. The first-order valence-electron chi connectivity index (χ1n) is 9.19. The van der Waals surface area contributed by atoms with E-state index in [9.17, 15) is 19.2 Å². The number of nitrogens with one attached hydrogen (secondary N) is 3. The van der Waals surface area contributed by atoms with E-state index in [0.29, 0.717) is 19.4 Å². The molecule has 1 heterocycles. The van der Waals surface area contributed by atoms with Crippen LogP contribution in [0.5, 0.6) is 0 Å². The van der Waals surface area contributed by atoms with Crippen LogP contribution in [-0.2, 0) is 23.9 Å². The van der Waals surface area contributed by atoms with E-state index in [1.807, 2.05) is 27.7 Å². The normalized spacial score (nSPS) is 14.5. The maximum absolute atomic E-state index is 12.1. The summed E-state index contributed by atoms with van der Waals surface area (Å²) < 4.78 is 5.86. The predicted molar refractivity (Wildman–Crippen MR) is 102 cm³/mol. The fraction of sp³-hybridized carbons (Fsp3) is 0.667. The molecule has 1 aliphatic heterocycles. The van der Waals surface area contributed by atoms with Gasteiger partial charge < -0.3 is 10.1 Å². The van der Waals surface area contributed by atoms with Gasteiger partial charge in [-0.25, -0.2) is 0 Å². The van der Waals surface area contributed by atoms with E-state index in [-0.39, 0.29) is 31.2 Å². The van der Waals surface area contributed by atoms with E-state index >= 15 is 0 Å². The zero-order chi connectivity index (χ0) is 21.4. The molecule has 0 aromatic heterocycles. The van der Waals surface area contributed by atoms with Crippen molar-refractivity contribution in [2.24, 2.45) is 5.84 Å². The van der Waals surface area contributed by atoms with E-state index in [4.69, 9.17) is 10.6 Å². The maximum atomic E-state index is 12.1. The summed E-state index contributed by atoms with van der Waals surface area (Å²) in [5.74, 6) is 3.75. The minimum atomic E-state index is -0.523. The van der Waals surface area contributed by atoms with Crippen LogP contribution in [0.2, 0.25) is 0 Å². The zero-order valence-electron chi connectivity index (χ0n) is 17.0. The standard InChI is InChI=1S/C18H31N5O5/c1-17(2,10-12-28-18(3,4)9-7-14(25)21-22-19)20-13(24)8-11-23-15(26)5-6-16(23)27/h5-6,22H,7-12,19H2,1-4H3,(H,20,24)(H,21,25). The van der Waals surface area contributed by atoms with Gasteiger partial charge in [0.15, 0.2) is 0 Å². The molecule has 0 atom stereocenters. The molecular formula is C18H31N5O5. The van der Waals surface area contributed by atoms with Crippen molar-refractivity contribution in [3.05, 3.63) is 12.2 Å². The number of hydrogen-bond donors (Lipinski definition) is 4. The molecule has 0 bridgehead atoms. The van der Waals surface area contributed by atoms with Crippen molar-refractivity contribution in [3.63, 3.8) is 0 Å². The number of ether oxygens (including phenoxy) is 1. The van der Waals surface area contributed by atoms with Gasteiger partial charge in [0.05, 0.1) is 5.60 Å². The van der Waals surface area contributed by atoms with Crippen LogP contribution < -0.4 is 22.1 Å². The van der Waals surface area contributed by atoms with Crippen LogP contribution in [0.15, 0.2) is 12.2 Å². The van der Waals surface area contributed by atoms with Gasteiger partial charge in [-0.1, -0.05) is 0 Å². The molecule has 0 aliphatic carbocycles. The highest BCUT2D eigenvalue weighted by Crippen LogP contribution is 2.19. The Balaban J connectivity index is 2.32. The Kier molecular flexibility index (Phi) is 8.73. The summed E-state index contributed by atoms with van der Waals surface area (Å²) in [5, 5.41) is 2.89. The van der Waals surface area contributed by atoms with Gasteiger partial charge in [0.25, 0.3) is 11.8 Å². The highest BCUT2D eigenvalue weighted by Gasteiger charge is 2.26. The van der Waals surface area contributed by atoms with Crippen LogP contribution in [0.3, 0.4) is 0 Å². The molecule has 0 aromatic carbocycles. The van der Waals surface area contributed by atoms with E-state index in [1.165, 1.54) is 12.2 Å². The molecule has 4 amide bonds. The number of amides is 4. The monoisotopic (exact) mass is 397 g/mol. The van der Waals surface area contributed by atoms with Crippen LogP contribution in [-0.4, -0.2) is 52.8 Å². The van der Waals surface area contributed by atoms with Crippen molar-refractivity contribution in [1.82, 2.24) is 21.2 Å². The van der Waals surface area contributed by atoms with Crippen LogP contribution in [0.1, 0.15) is 53.4 Å². The van der Waals surface area contributed by atoms with Crippen molar-refractivity contribution in [2.75, 3.05) is 13.2 Å². The summed E-state index contributed by atoms with van der Waals surface area (Å²) in [6.45, 7) is 7.96. The van der Waals surface area contributed by atoms with Crippen LogP contribution in [0, 0.1) is 0 Å². The number of carbonyl (C=O) groups is 4. The quantitative estimate of drug-likeness (QED) is 0.200. The predicted octanol–water partition coefficient (Wildman–Crippen LogP) is -0.344. The average molecular weight is 397 g/mol. The smallest absolute Gasteiger partial charge is 0.253 e. The number of imide groups is 1. The van der Waals surface area contributed by atoms with Crippen molar-refractivity contribution in [2.45, 2.75) is 64.5 Å². The average Bonchev–Trinajstić information content (AvgIpc) is 2.89. The molecular weight excluding hydrogens is 366 g/mol. The molecule has 0 unspecified atom stereocenters. The molecule has 10 nitrogen and oxygen atoms in total. The third kappa shape index (κ3) is 8.59. The second-order valence-electron chi connectivity index (χ2n) is 7.89. The Labute approximate surface area is 165 Å². The van der Waals surface area contributed by atoms with Crippen molar-refractivity contribution < 1.29 is 23.9 Å². The molecule has 5 N–H and O–H groups in total.